The van der Waals surface area contributed by atoms with E-state index in [1.54, 1.807) is 0 Å². The molecule has 5 nitrogen and oxygen atoms in total. The van der Waals surface area contributed by atoms with Crippen molar-refractivity contribution in [3.8, 4) is 17.2 Å². The summed E-state index contributed by atoms with van der Waals surface area (Å²) < 4.78 is 4.94. The number of nitrogens with zero attached hydrogens (tertiary/aromatic N) is 1. The van der Waals surface area contributed by atoms with Gasteiger partial charge < -0.3 is 20.1 Å². The van der Waals surface area contributed by atoms with Gasteiger partial charge in [0.25, 0.3) is 0 Å². The average molecular weight is 789 g/mol. The summed E-state index contributed by atoms with van der Waals surface area (Å²) in [6.45, 7) is 41.3. The fraction of sp³-hybridized carbons (Fsp3) is 0.633. The molecule has 0 atom stereocenters. The predicted octanol–water partition coefficient (Wildman–Crippen LogP) is 10.7. The van der Waals surface area contributed by atoms with Crippen molar-refractivity contribution in [1.29, 1.82) is 0 Å². The molecule has 4 rings (SSSR count). The minimum atomic E-state index is -0.340. The SMILES string of the molecule is C1CCOC1.CC(C)(C)c1cc(CN(Cc2cc(C(C)(C)C)cc(C(C)(C)C)c2[O-])Cc2cc(C(C)(C)C)cc(C(C)(C)C)c2[O-])c([O-])c(C(C)(C)C)c1.[Ti+4]. The molecular formula is C49H74NO4Ti+. The molecule has 1 aliphatic heterocycles. The summed E-state index contributed by atoms with van der Waals surface area (Å²) in [4.78, 5) is 2.15. The molecule has 0 saturated carbocycles. The fourth-order valence-corrected chi connectivity index (χ4v) is 6.79. The van der Waals surface area contributed by atoms with E-state index in [1.165, 1.54) is 12.8 Å². The van der Waals surface area contributed by atoms with E-state index in [0.717, 1.165) is 46.6 Å². The van der Waals surface area contributed by atoms with Gasteiger partial charge >= 0.3 is 21.7 Å². The Morgan fingerprint density at radius 2 is 0.655 bits per heavy atom. The molecule has 6 heteroatoms. The van der Waals surface area contributed by atoms with Gasteiger partial charge in [0, 0.05) is 32.8 Å². The van der Waals surface area contributed by atoms with Gasteiger partial charge in [-0.25, -0.2) is 0 Å². The van der Waals surface area contributed by atoms with Gasteiger partial charge in [0.2, 0.25) is 0 Å². The summed E-state index contributed by atoms with van der Waals surface area (Å²) in [5.41, 5.74) is 6.27. The fourth-order valence-electron chi connectivity index (χ4n) is 6.79. The second-order valence-corrected chi connectivity index (χ2v) is 22.0. The topological polar surface area (TPSA) is 81.7 Å². The molecule has 0 aromatic heterocycles. The van der Waals surface area contributed by atoms with Crippen LogP contribution in [0.5, 0.6) is 17.2 Å². The standard InChI is InChI=1S/C45H69NO3.C4H8O.Ti/c1-40(2,3)31-19-28(37(47)34(22-31)43(10,11)12)25-46(26-29-20-32(41(4,5)6)23-35(38(29)48)44(13,14)15)27-30-21-33(42(7,8)9)24-36(39(30)49)45(16,17)18;1-2-4-5-3-1;/h19-24,47-49H,25-27H2,1-18H3;1-4H2;/q;;+4/p-3. The van der Waals surface area contributed by atoms with Crippen LogP contribution in [0.3, 0.4) is 0 Å². The number of benzene rings is 3. The number of hydrogen-bond acceptors (Lipinski definition) is 5. The molecule has 0 spiro atoms. The maximum Gasteiger partial charge on any atom is 4.00 e. The normalized spacial score (nSPS) is 14.5. The quantitative estimate of drug-likeness (QED) is 0.232. The third-order valence-corrected chi connectivity index (χ3v) is 10.5. The first-order valence-electron chi connectivity index (χ1n) is 20.2. The van der Waals surface area contributed by atoms with Crippen LogP contribution in [0.4, 0.5) is 0 Å². The van der Waals surface area contributed by atoms with E-state index in [-0.39, 0.29) is 71.5 Å². The van der Waals surface area contributed by atoms with Gasteiger partial charge in [0.05, 0.1) is 0 Å². The van der Waals surface area contributed by atoms with Crippen LogP contribution in [0.2, 0.25) is 0 Å². The van der Waals surface area contributed by atoms with Crippen molar-refractivity contribution < 1.29 is 41.8 Å². The van der Waals surface area contributed by atoms with Gasteiger partial charge in [0.1, 0.15) is 0 Å². The minimum Gasteiger partial charge on any atom is -0.872 e. The molecule has 0 N–H and O–H groups in total. The average Bonchev–Trinajstić information content (AvgIpc) is 3.57. The summed E-state index contributed by atoms with van der Waals surface area (Å²) in [5.74, 6) is 0.105. The molecule has 302 valence electrons. The molecule has 0 radical (unpaired) electrons. The monoisotopic (exact) mass is 789 g/mol. The zero-order chi connectivity index (χ0) is 41.4. The third-order valence-electron chi connectivity index (χ3n) is 10.5. The van der Waals surface area contributed by atoms with Crippen LogP contribution in [0.15, 0.2) is 36.4 Å². The molecule has 1 aliphatic rings. The summed E-state index contributed by atoms with van der Waals surface area (Å²) in [7, 11) is 0. The van der Waals surface area contributed by atoms with Gasteiger partial charge in [-0.05, 0) is 95.4 Å². The van der Waals surface area contributed by atoms with Crippen LogP contribution in [-0.4, -0.2) is 18.1 Å². The zero-order valence-corrected chi connectivity index (χ0v) is 39.6. The smallest absolute Gasteiger partial charge is 0.872 e. The molecular weight excluding hydrogens is 714 g/mol. The van der Waals surface area contributed by atoms with Gasteiger partial charge in [-0.15, -0.1) is 17.2 Å². The van der Waals surface area contributed by atoms with Crippen LogP contribution < -0.4 is 15.3 Å². The molecule has 1 fully saturated rings. The Kier molecular flexibility index (Phi) is 15.7. The van der Waals surface area contributed by atoms with Crippen molar-refractivity contribution >= 4 is 0 Å². The van der Waals surface area contributed by atoms with Gasteiger partial charge in [-0.2, -0.15) is 0 Å². The van der Waals surface area contributed by atoms with Crippen molar-refractivity contribution in [2.45, 2.75) is 190 Å². The third kappa shape index (κ3) is 13.1. The Balaban J connectivity index is 0.00000161. The summed E-state index contributed by atoms with van der Waals surface area (Å²) in [6, 6.07) is 12.4. The summed E-state index contributed by atoms with van der Waals surface area (Å²) in [5, 5.41) is 42.8. The zero-order valence-electron chi connectivity index (χ0n) is 38.0. The second-order valence-electron chi connectivity index (χ2n) is 22.0. The first-order chi connectivity index (χ1) is 24.3. The second kappa shape index (κ2) is 17.7. The largest absolute Gasteiger partial charge is 4.00 e. The number of hydrogen-bond donors (Lipinski definition) is 0. The Bertz CT molecular complexity index is 1540. The molecule has 55 heavy (non-hydrogen) atoms. The molecule has 0 aliphatic carbocycles. The number of ether oxygens (including phenoxy) is 1. The van der Waals surface area contributed by atoms with Crippen LogP contribution >= 0.6 is 0 Å². The van der Waals surface area contributed by atoms with Crippen molar-refractivity contribution in [3.05, 3.63) is 86.5 Å². The first-order valence-corrected chi connectivity index (χ1v) is 20.2. The molecule has 0 amide bonds. The number of rotatable bonds is 6. The Morgan fingerprint density at radius 1 is 0.418 bits per heavy atom. The molecule has 1 saturated heterocycles. The van der Waals surface area contributed by atoms with Crippen molar-refractivity contribution in [2.24, 2.45) is 0 Å². The minimum absolute atomic E-state index is 0. The summed E-state index contributed by atoms with van der Waals surface area (Å²) in [6.07, 6.45) is 2.56. The van der Waals surface area contributed by atoms with Crippen LogP contribution in [0.25, 0.3) is 0 Å². The van der Waals surface area contributed by atoms with E-state index in [2.05, 4.69) is 166 Å². The van der Waals surface area contributed by atoms with E-state index in [1.807, 2.05) is 0 Å². The first kappa shape index (κ1) is 48.8. The Morgan fingerprint density at radius 3 is 0.818 bits per heavy atom. The summed E-state index contributed by atoms with van der Waals surface area (Å²) >= 11 is 0. The molecule has 1 heterocycles. The van der Waals surface area contributed by atoms with Gasteiger partial charge in [0.15, 0.2) is 0 Å². The van der Waals surface area contributed by atoms with Gasteiger partial charge in [-0.1, -0.05) is 161 Å². The van der Waals surface area contributed by atoms with E-state index in [0.29, 0.717) is 36.3 Å². The van der Waals surface area contributed by atoms with Gasteiger partial charge in [-0.3, -0.25) is 4.90 Å². The van der Waals surface area contributed by atoms with Crippen LogP contribution in [-0.2, 0) is 78.6 Å². The van der Waals surface area contributed by atoms with Crippen LogP contribution in [0, 0.1) is 0 Å². The maximum absolute atomic E-state index is 14.3. The van der Waals surface area contributed by atoms with E-state index < -0.39 is 0 Å². The van der Waals surface area contributed by atoms with E-state index in [4.69, 9.17) is 4.74 Å². The van der Waals surface area contributed by atoms with Crippen molar-refractivity contribution in [1.82, 2.24) is 4.90 Å². The van der Waals surface area contributed by atoms with E-state index in [9.17, 15) is 15.3 Å². The van der Waals surface area contributed by atoms with Crippen LogP contribution in [0.1, 0.15) is 188 Å². The predicted molar refractivity (Wildman–Crippen MR) is 223 cm³/mol. The van der Waals surface area contributed by atoms with Crippen molar-refractivity contribution in [3.63, 3.8) is 0 Å². The molecule has 3 aromatic rings. The maximum atomic E-state index is 14.3. The van der Waals surface area contributed by atoms with E-state index >= 15 is 0 Å². The van der Waals surface area contributed by atoms with Crippen molar-refractivity contribution in [2.75, 3.05) is 13.2 Å². The molecule has 0 bridgehead atoms. The molecule has 3 aromatic carbocycles. The Hall–Kier alpha value is -2.31. The Labute approximate surface area is 351 Å². The molecule has 0 unspecified atom stereocenters.